The Bertz CT molecular complexity index is 1160. The average Bonchev–Trinajstić information content (AvgIpc) is 2.79. The SMILES string of the molecule is CCNC(=O)[C@@H](C)N(Cc1cccc(OC)c1)C(=O)CN(c1cccc(C(F)(F)F)c1)S(C)(=O)=O. The maximum Gasteiger partial charge on any atom is 0.416 e. The molecule has 35 heavy (non-hydrogen) atoms. The number of hydrogen-bond acceptors (Lipinski definition) is 5. The molecule has 0 bridgehead atoms. The second-order valence-corrected chi connectivity index (χ2v) is 9.67. The molecule has 0 aliphatic rings. The standard InChI is InChI=1S/C23H28F3N3O5S/c1-5-27-22(31)16(2)28(14-17-8-6-11-20(12-17)34-3)21(30)15-29(35(4,32)33)19-10-7-9-18(13-19)23(24,25)26/h6-13,16H,5,14-15H2,1-4H3,(H,27,31)/t16-/m1/s1. The fourth-order valence-electron chi connectivity index (χ4n) is 3.32. The molecule has 0 radical (unpaired) electrons. The van der Waals surface area contributed by atoms with Crippen LogP contribution >= 0.6 is 0 Å². The Hall–Kier alpha value is -3.28. The third-order valence-electron chi connectivity index (χ3n) is 5.15. The van der Waals surface area contributed by atoms with E-state index in [9.17, 15) is 31.2 Å². The summed E-state index contributed by atoms with van der Waals surface area (Å²) in [7, 11) is -2.68. The predicted octanol–water partition coefficient (Wildman–Crippen LogP) is 3.03. The molecule has 0 aliphatic heterocycles. The summed E-state index contributed by atoms with van der Waals surface area (Å²) >= 11 is 0. The minimum Gasteiger partial charge on any atom is -0.497 e. The number of hydrogen-bond donors (Lipinski definition) is 1. The Labute approximate surface area is 202 Å². The summed E-state index contributed by atoms with van der Waals surface area (Å²) in [5.41, 5.74) is -0.762. The molecule has 0 aromatic heterocycles. The summed E-state index contributed by atoms with van der Waals surface area (Å²) in [5.74, 6) is -0.717. The first-order valence-electron chi connectivity index (χ1n) is 10.6. The van der Waals surface area contributed by atoms with Crippen LogP contribution in [0.5, 0.6) is 5.75 Å². The number of rotatable bonds is 10. The first-order chi connectivity index (χ1) is 16.3. The van der Waals surface area contributed by atoms with Crippen LogP contribution in [0, 0.1) is 0 Å². The van der Waals surface area contributed by atoms with E-state index in [1.165, 1.54) is 25.0 Å². The monoisotopic (exact) mass is 515 g/mol. The number of amides is 2. The lowest BCUT2D eigenvalue weighted by Crippen LogP contribution is -2.51. The van der Waals surface area contributed by atoms with Gasteiger partial charge in [-0.15, -0.1) is 0 Å². The van der Waals surface area contributed by atoms with Gasteiger partial charge in [0.15, 0.2) is 0 Å². The summed E-state index contributed by atoms with van der Waals surface area (Å²) in [6.07, 6.45) is -3.91. The van der Waals surface area contributed by atoms with Gasteiger partial charge < -0.3 is 15.0 Å². The molecular formula is C23H28F3N3O5S. The Balaban J connectivity index is 2.45. The molecule has 0 fully saturated rings. The molecule has 2 rings (SSSR count). The highest BCUT2D eigenvalue weighted by molar-refractivity contribution is 7.92. The van der Waals surface area contributed by atoms with Crippen LogP contribution in [0.4, 0.5) is 18.9 Å². The first-order valence-corrected chi connectivity index (χ1v) is 12.5. The Kier molecular flexibility index (Phi) is 9.13. The van der Waals surface area contributed by atoms with E-state index in [2.05, 4.69) is 5.32 Å². The molecule has 2 aromatic carbocycles. The number of alkyl halides is 3. The number of sulfonamides is 1. The van der Waals surface area contributed by atoms with E-state index in [0.29, 0.717) is 28.2 Å². The van der Waals surface area contributed by atoms with Crippen molar-refractivity contribution in [1.29, 1.82) is 0 Å². The number of nitrogens with one attached hydrogen (secondary N) is 1. The highest BCUT2D eigenvalue weighted by Gasteiger charge is 2.33. The summed E-state index contributed by atoms with van der Waals surface area (Å²) in [6, 6.07) is 9.46. The van der Waals surface area contributed by atoms with Crippen molar-refractivity contribution in [2.24, 2.45) is 0 Å². The van der Waals surface area contributed by atoms with Crippen LogP contribution in [-0.2, 0) is 32.3 Å². The molecule has 12 heteroatoms. The molecule has 0 saturated heterocycles. The summed E-state index contributed by atoms with van der Waals surface area (Å²) < 4.78 is 70.3. The Morgan fingerprint density at radius 1 is 1.11 bits per heavy atom. The summed E-state index contributed by atoms with van der Waals surface area (Å²) in [4.78, 5) is 27.0. The summed E-state index contributed by atoms with van der Waals surface area (Å²) in [5, 5.41) is 2.61. The maximum absolute atomic E-state index is 13.4. The van der Waals surface area contributed by atoms with E-state index < -0.39 is 46.2 Å². The molecule has 1 atom stereocenters. The number of likely N-dealkylation sites (N-methyl/N-ethyl adjacent to an activating group) is 1. The zero-order chi connectivity index (χ0) is 26.4. The van der Waals surface area contributed by atoms with E-state index in [0.717, 1.165) is 18.4 Å². The van der Waals surface area contributed by atoms with Crippen molar-refractivity contribution in [2.45, 2.75) is 32.6 Å². The van der Waals surface area contributed by atoms with Crippen molar-refractivity contribution in [2.75, 3.05) is 30.8 Å². The molecule has 2 aromatic rings. The molecule has 1 N–H and O–H groups in total. The van der Waals surface area contributed by atoms with Gasteiger partial charge in [-0.2, -0.15) is 13.2 Å². The minimum absolute atomic E-state index is 0.0610. The lowest BCUT2D eigenvalue weighted by molar-refractivity contribution is -0.139. The number of carbonyl (C=O) groups excluding carboxylic acids is 2. The van der Waals surface area contributed by atoms with Crippen molar-refractivity contribution < 1.29 is 35.9 Å². The van der Waals surface area contributed by atoms with Gasteiger partial charge in [-0.25, -0.2) is 8.42 Å². The van der Waals surface area contributed by atoms with Crippen LogP contribution < -0.4 is 14.4 Å². The number of nitrogens with zero attached hydrogens (tertiary/aromatic N) is 2. The topological polar surface area (TPSA) is 96.0 Å². The molecule has 0 spiro atoms. The molecule has 0 aliphatic carbocycles. The molecule has 8 nitrogen and oxygen atoms in total. The van der Waals surface area contributed by atoms with E-state index in [-0.39, 0.29) is 12.2 Å². The van der Waals surface area contributed by atoms with Gasteiger partial charge >= 0.3 is 6.18 Å². The Morgan fingerprint density at radius 2 is 1.77 bits per heavy atom. The Morgan fingerprint density at radius 3 is 2.34 bits per heavy atom. The predicted molar refractivity (Wildman–Crippen MR) is 125 cm³/mol. The van der Waals surface area contributed by atoms with E-state index in [4.69, 9.17) is 4.74 Å². The average molecular weight is 516 g/mol. The van der Waals surface area contributed by atoms with Gasteiger partial charge in [-0.3, -0.25) is 13.9 Å². The highest BCUT2D eigenvalue weighted by Crippen LogP contribution is 2.32. The number of ether oxygens (including phenoxy) is 1. The maximum atomic E-state index is 13.4. The number of benzene rings is 2. The largest absolute Gasteiger partial charge is 0.497 e. The lowest BCUT2D eigenvalue weighted by atomic mass is 10.1. The van der Waals surface area contributed by atoms with E-state index in [1.54, 1.807) is 31.2 Å². The van der Waals surface area contributed by atoms with Crippen LogP contribution in [-0.4, -0.2) is 57.6 Å². The fraction of sp³-hybridized carbons (Fsp3) is 0.391. The zero-order valence-corrected chi connectivity index (χ0v) is 20.6. The number of carbonyl (C=O) groups is 2. The smallest absolute Gasteiger partial charge is 0.416 e. The van der Waals surface area contributed by atoms with Crippen molar-refractivity contribution in [3.8, 4) is 5.75 Å². The highest BCUT2D eigenvalue weighted by atomic mass is 32.2. The lowest BCUT2D eigenvalue weighted by Gasteiger charge is -2.31. The van der Waals surface area contributed by atoms with E-state index >= 15 is 0 Å². The van der Waals surface area contributed by atoms with Gasteiger partial charge in [0.1, 0.15) is 18.3 Å². The first kappa shape index (κ1) is 28.0. The second kappa shape index (κ2) is 11.4. The van der Waals surface area contributed by atoms with Crippen LogP contribution in [0.1, 0.15) is 25.0 Å². The van der Waals surface area contributed by atoms with Gasteiger partial charge in [0.25, 0.3) is 0 Å². The molecule has 0 saturated carbocycles. The van der Waals surface area contributed by atoms with E-state index in [1.807, 2.05) is 0 Å². The van der Waals surface area contributed by atoms with Crippen molar-refractivity contribution in [3.63, 3.8) is 0 Å². The van der Waals surface area contributed by atoms with Crippen LogP contribution in [0.25, 0.3) is 0 Å². The van der Waals surface area contributed by atoms with Crippen LogP contribution in [0.3, 0.4) is 0 Å². The molecule has 0 unspecified atom stereocenters. The van der Waals surface area contributed by atoms with Gasteiger partial charge in [0.2, 0.25) is 21.8 Å². The second-order valence-electron chi connectivity index (χ2n) is 7.76. The molecule has 2 amide bonds. The van der Waals surface area contributed by atoms with Crippen molar-refractivity contribution >= 4 is 27.5 Å². The molecular weight excluding hydrogens is 487 g/mol. The van der Waals surface area contributed by atoms with Gasteiger partial charge in [-0.1, -0.05) is 18.2 Å². The van der Waals surface area contributed by atoms with Crippen molar-refractivity contribution in [3.05, 3.63) is 59.7 Å². The third kappa shape index (κ3) is 7.61. The number of methoxy groups -OCH3 is 1. The quantitative estimate of drug-likeness (QED) is 0.525. The third-order valence-corrected chi connectivity index (χ3v) is 6.29. The van der Waals surface area contributed by atoms with Crippen LogP contribution in [0.15, 0.2) is 48.5 Å². The molecule has 0 heterocycles. The number of anilines is 1. The normalized spacial score (nSPS) is 12.5. The summed E-state index contributed by atoms with van der Waals surface area (Å²) in [6.45, 7) is 2.64. The van der Waals surface area contributed by atoms with Crippen molar-refractivity contribution in [1.82, 2.24) is 10.2 Å². The zero-order valence-electron chi connectivity index (χ0n) is 19.8. The number of halogens is 3. The molecule has 192 valence electrons. The fourth-order valence-corrected chi connectivity index (χ4v) is 4.16. The van der Waals surface area contributed by atoms with Gasteiger partial charge in [0, 0.05) is 13.1 Å². The van der Waals surface area contributed by atoms with Crippen LogP contribution in [0.2, 0.25) is 0 Å². The van der Waals surface area contributed by atoms with Gasteiger partial charge in [-0.05, 0) is 49.7 Å². The minimum atomic E-state index is -4.70. The van der Waals surface area contributed by atoms with Gasteiger partial charge in [0.05, 0.1) is 24.6 Å².